The first kappa shape index (κ1) is 20.6. The Labute approximate surface area is 188 Å². The topological polar surface area (TPSA) is 42.9 Å². The molecule has 0 saturated carbocycles. The molecular weight excluding hydrogens is 435 g/mol. The molecule has 30 heavy (non-hydrogen) atoms. The van der Waals surface area contributed by atoms with Gasteiger partial charge in [0.15, 0.2) is 11.6 Å². The van der Waals surface area contributed by atoms with E-state index in [0.717, 1.165) is 21.5 Å². The van der Waals surface area contributed by atoms with Crippen molar-refractivity contribution >= 4 is 63.8 Å². The van der Waals surface area contributed by atoms with Crippen LogP contribution in [-0.4, -0.2) is 21.5 Å². The highest BCUT2D eigenvalue weighted by atomic mass is 35.5. The van der Waals surface area contributed by atoms with E-state index in [1.807, 2.05) is 66.7 Å². The Kier molecular flexibility index (Phi) is 6.48. The number of para-hydroxylation sites is 1. The first-order chi connectivity index (χ1) is 14.6. The molecule has 4 rings (SSSR count). The molecule has 1 heterocycles. The van der Waals surface area contributed by atoms with Gasteiger partial charge >= 0.3 is 0 Å². The third-order valence-electron chi connectivity index (χ3n) is 4.38. The first-order valence-electron chi connectivity index (χ1n) is 9.21. The third-order valence-corrected chi connectivity index (χ3v) is 5.93. The van der Waals surface area contributed by atoms with Crippen LogP contribution in [0, 0.1) is 0 Å². The predicted octanol–water partition coefficient (Wildman–Crippen LogP) is 7.08. The molecule has 0 amide bonds. The molecule has 0 bridgehead atoms. The Hall–Kier alpha value is -2.66. The summed E-state index contributed by atoms with van der Waals surface area (Å²) >= 11 is 13.6. The van der Waals surface area contributed by atoms with Crippen molar-refractivity contribution in [2.45, 2.75) is 5.03 Å². The molecule has 0 unspecified atom stereocenters. The number of hydrogen-bond donors (Lipinski definition) is 0. The normalized spacial score (nSPS) is 11.3. The van der Waals surface area contributed by atoms with Gasteiger partial charge in [-0.2, -0.15) is 0 Å². The minimum atomic E-state index is -0.100. The molecule has 0 radical (unpaired) electrons. The number of benzene rings is 3. The van der Waals surface area contributed by atoms with E-state index < -0.39 is 0 Å². The Morgan fingerprint density at radius 1 is 0.900 bits per heavy atom. The van der Waals surface area contributed by atoms with Crippen LogP contribution in [0.15, 0.2) is 77.8 Å². The van der Waals surface area contributed by atoms with Crippen LogP contribution < -0.4 is 0 Å². The van der Waals surface area contributed by atoms with Crippen molar-refractivity contribution in [1.29, 1.82) is 0 Å². The number of carbonyl (C=O) groups is 1. The smallest absolute Gasteiger partial charge is 0.174 e. The quantitative estimate of drug-likeness (QED) is 0.178. The Morgan fingerprint density at radius 2 is 1.67 bits per heavy atom. The highest BCUT2D eigenvalue weighted by Crippen LogP contribution is 2.28. The summed E-state index contributed by atoms with van der Waals surface area (Å²) < 4.78 is 0. The number of fused-ring (bicyclic) bond motifs is 1. The summed E-state index contributed by atoms with van der Waals surface area (Å²) in [5.74, 6) is 0.688. The zero-order chi connectivity index (χ0) is 20.9. The van der Waals surface area contributed by atoms with Crippen LogP contribution in [0.25, 0.3) is 23.1 Å². The van der Waals surface area contributed by atoms with Gasteiger partial charge in [0.1, 0.15) is 5.03 Å². The van der Waals surface area contributed by atoms with Gasteiger partial charge in [0.2, 0.25) is 0 Å². The molecule has 6 heteroatoms. The van der Waals surface area contributed by atoms with Crippen molar-refractivity contribution in [2.24, 2.45) is 0 Å². The maximum Gasteiger partial charge on any atom is 0.174 e. The zero-order valence-corrected chi connectivity index (χ0v) is 18.1. The van der Waals surface area contributed by atoms with E-state index in [9.17, 15) is 4.79 Å². The fourth-order valence-electron chi connectivity index (χ4n) is 2.91. The summed E-state index contributed by atoms with van der Waals surface area (Å²) in [6.07, 6.45) is 3.84. The second-order valence-electron chi connectivity index (χ2n) is 6.48. The van der Waals surface area contributed by atoms with Gasteiger partial charge in [-0.3, -0.25) is 4.79 Å². The van der Waals surface area contributed by atoms with E-state index in [1.54, 1.807) is 18.2 Å². The van der Waals surface area contributed by atoms with Crippen LogP contribution in [0.2, 0.25) is 10.0 Å². The third kappa shape index (κ3) is 4.90. The summed E-state index contributed by atoms with van der Waals surface area (Å²) in [4.78, 5) is 22.0. The Balaban J connectivity index is 1.62. The number of halogens is 2. The summed E-state index contributed by atoms with van der Waals surface area (Å²) in [6, 6.07) is 22.6. The number of thioether (sulfide) groups is 1. The molecule has 4 aromatic rings. The second kappa shape index (κ2) is 9.43. The molecule has 0 aliphatic rings. The predicted molar refractivity (Wildman–Crippen MR) is 126 cm³/mol. The average molecular weight is 451 g/mol. The molecule has 0 spiro atoms. The molecule has 148 valence electrons. The number of carbonyl (C=O) groups excluding carboxylic acids is 1. The van der Waals surface area contributed by atoms with Gasteiger partial charge in [-0.15, -0.1) is 0 Å². The summed E-state index contributed by atoms with van der Waals surface area (Å²) in [6.45, 7) is 0. The fourth-order valence-corrected chi connectivity index (χ4v) is 4.21. The number of ketones is 1. The molecule has 3 nitrogen and oxygen atoms in total. The zero-order valence-electron chi connectivity index (χ0n) is 15.8. The standard InChI is InChI=1S/C24H16Cl2N2OS/c25-17-11-12-20(26)19(14-17)22(29)15-30-24-18-8-4-5-9-21(18)27-23(28-24)13-10-16-6-2-1-3-7-16/h1-14H,15H2. The van der Waals surface area contributed by atoms with Crippen LogP contribution in [0.3, 0.4) is 0 Å². The van der Waals surface area contributed by atoms with Gasteiger partial charge in [-0.25, -0.2) is 9.97 Å². The lowest BCUT2D eigenvalue weighted by atomic mass is 10.1. The van der Waals surface area contributed by atoms with Gasteiger partial charge in [0, 0.05) is 16.0 Å². The lowest BCUT2D eigenvalue weighted by molar-refractivity contribution is 0.102. The SMILES string of the molecule is O=C(CSc1nc(C=Cc2ccccc2)nc2ccccc12)c1cc(Cl)ccc1Cl. The highest BCUT2D eigenvalue weighted by molar-refractivity contribution is 8.00. The van der Waals surface area contributed by atoms with Gasteiger partial charge in [0.05, 0.1) is 16.3 Å². The van der Waals surface area contributed by atoms with Crippen LogP contribution in [0.1, 0.15) is 21.7 Å². The van der Waals surface area contributed by atoms with Gasteiger partial charge in [0.25, 0.3) is 0 Å². The van der Waals surface area contributed by atoms with Gasteiger partial charge in [-0.1, -0.05) is 89.6 Å². The van der Waals surface area contributed by atoms with Crippen LogP contribution in [0.4, 0.5) is 0 Å². The van der Waals surface area contributed by atoms with Crippen molar-refractivity contribution in [2.75, 3.05) is 5.75 Å². The van der Waals surface area contributed by atoms with Crippen molar-refractivity contribution < 1.29 is 4.79 Å². The molecule has 0 fully saturated rings. The van der Waals surface area contributed by atoms with Crippen LogP contribution >= 0.6 is 35.0 Å². The van der Waals surface area contributed by atoms with E-state index in [0.29, 0.717) is 21.4 Å². The minimum absolute atomic E-state index is 0.100. The lowest BCUT2D eigenvalue weighted by Gasteiger charge is -2.07. The molecule has 0 aliphatic heterocycles. The van der Waals surface area contributed by atoms with Crippen molar-refractivity contribution in [3.05, 3.63) is 99.8 Å². The molecule has 1 aromatic heterocycles. The monoisotopic (exact) mass is 450 g/mol. The summed E-state index contributed by atoms with van der Waals surface area (Å²) in [5, 5.41) is 2.53. The Morgan fingerprint density at radius 3 is 2.50 bits per heavy atom. The molecular formula is C24H16Cl2N2OS. The molecule has 0 N–H and O–H groups in total. The van der Waals surface area contributed by atoms with E-state index in [1.165, 1.54) is 11.8 Å². The lowest BCUT2D eigenvalue weighted by Crippen LogP contribution is -2.04. The number of nitrogens with zero attached hydrogens (tertiary/aromatic N) is 2. The van der Waals surface area contributed by atoms with Gasteiger partial charge < -0.3 is 0 Å². The largest absolute Gasteiger partial charge is 0.293 e. The van der Waals surface area contributed by atoms with Crippen LogP contribution in [-0.2, 0) is 0 Å². The molecule has 0 atom stereocenters. The van der Waals surface area contributed by atoms with Crippen LogP contribution in [0.5, 0.6) is 0 Å². The summed E-state index contributed by atoms with van der Waals surface area (Å²) in [5.41, 5.74) is 2.31. The molecule has 0 aliphatic carbocycles. The van der Waals surface area contributed by atoms with E-state index in [-0.39, 0.29) is 11.5 Å². The number of aromatic nitrogens is 2. The fraction of sp³-hybridized carbons (Fsp3) is 0.0417. The van der Waals surface area contributed by atoms with Gasteiger partial charge in [-0.05, 0) is 35.9 Å². The second-order valence-corrected chi connectivity index (χ2v) is 8.29. The average Bonchev–Trinajstić information content (AvgIpc) is 2.78. The van der Waals surface area contributed by atoms with E-state index >= 15 is 0 Å². The first-order valence-corrected chi connectivity index (χ1v) is 11.0. The van der Waals surface area contributed by atoms with E-state index in [2.05, 4.69) is 9.97 Å². The minimum Gasteiger partial charge on any atom is -0.293 e. The van der Waals surface area contributed by atoms with E-state index in [4.69, 9.17) is 23.2 Å². The number of hydrogen-bond acceptors (Lipinski definition) is 4. The Bertz CT molecular complexity index is 1240. The molecule has 3 aromatic carbocycles. The number of Topliss-reactive ketones (excluding diaryl/α,β-unsaturated/α-hetero) is 1. The number of rotatable bonds is 6. The van der Waals surface area contributed by atoms with Crippen molar-refractivity contribution in [3.8, 4) is 0 Å². The van der Waals surface area contributed by atoms with Crippen molar-refractivity contribution in [1.82, 2.24) is 9.97 Å². The highest BCUT2D eigenvalue weighted by Gasteiger charge is 2.14. The maximum atomic E-state index is 12.7. The molecule has 0 saturated heterocycles. The summed E-state index contributed by atoms with van der Waals surface area (Å²) in [7, 11) is 0. The van der Waals surface area contributed by atoms with Crippen molar-refractivity contribution in [3.63, 3.8) is 0 Å². The maximum absolute atomic E-state index is 12.7.